The van der Waals surface area contributed by atoms with Gasteiger partial charge in [-0.1, -0.05) is 0 Å². The molecule has 9 nitrogen and oxygen atoms in total. The van der Waals surface area contributed by atoms with Crippen molar-refractivity contribution in [1.82, 2.24) is 4.98 Å². The van der Waals surface area contributed by atoms with Crippen LogP contribution in [-0.2, 0) is 19.1 Å². The Kier molecular flexibility index (Phi) is 3.48. The summed E-state index contributed by atoms with van der Waals surface area (Å²) >= 11 is 0. The van der Waals surface area contributed by atoms with Crippen LogP contribution in [0.4, 0.5) is 5.69 Å². The van der Waals surface area contributed by atoms with Crippen molar-refractivity contribution in [2.75, 3.05) is 5.32 Å². The molecule has 1 aliphatic heterocycles. The number of carbonyl (C=O) groups excluding carboxylic acids is 2. The third-order valence-electron chi connectivity index (χ3n) is 3.16. The first kappa shape index (κ1) is 15.5. The summed E-state index contributed by atoms with van der Waals surface area (Å²) in [5.74, 6) is -3.83. The van der Waals surface area contributed by atoms with Crippen LogP contribution in [0.2, 0.25) is 0 Å². The summed E-state index contributed by atoms with van der Waals surface area (Å²) in [5.41, 5.74) is -0.432. The minimum absolute atomic E-state index is 0.132. The van der Waals surface area contributed by atoms with Gasteiger partial charge in [-0.05, 0) is 18.2 Å². The maximum Gasteiger partial charge on any atom is 0.419 e. The molecule has 24 heavy (non-hydrogen) atoms. The van der Waals surface area contributed by atoms with E-state index < -0.39 is 29.1 Å². The van der Waals surface area contributed by atoms with Gasteiger partial charge < -0.3 is 19.2 Å². The van der Waals surface area contributed by atoms with E-state index in [2.05, 4.69) is 14.7 Å². The molecule has 9 heteroatoms. The molecule has 1 aromatic carbocycles. The average Bonchev–Trinajstić information content (AvgIpc) is 2.45. The second-order valence-electron chi connectivity index (χ2n) is 5.44. The Morgan fingerprint density at radius 3 is 2.42 bits per heavy atom. The van der Waals surface area contributed by atoms with Gasteiger partial charge in [-0.15, -0.1) is 0 Å². The topological polar surface area (TPSA) is 128 Å². The Hall–Kier alpha value is -3.36. The molecule has 2 aromatic rings. The minimum atomic E-state index is -1.32. The third-order valence-corrected chi connectivity index (χ3v) is 3.16. The molecule has 1 aliphatic rings. The van der Waals surface area contributed by atoms with Crippen molar-refractivity contribution in [3.05, 3.63) is 50.9 Å². The molecule has 0 bridgehead atoms. The fourth-order valence-electron chi connectivity index (χ4n) is 2.12. The van der Waals surface area contributed by atoms with E-state index in [1.807, 2.05) is 0 Å². The monoisotopic (exact) mass is 332 g/mol. The van der Waals surface area contributed by atoms with Gasteiger partial charge in [0.25, 0.3) is 5.79 Å². The second-order valence-corrected chi connectivity index (χ2v) is 5.44. The molecule has 0 unspecified atom stereocenters. The lowest BCUT2D eigenvalue weighted by molar-refractivity contribution is -0.222. The number of aromatic nitrogens is 1. The van der Waals surface area contributed by atoms with Crippen molar-refractivity contribution in [2.45, 2.75) is 19.6 Å². The zero-order valence-electron chi connectivity index (χ0n) is 12.7. The first-order valence-corrected chi connectivity index (χ1v) is 6.86. The van der Waals surface area contributed by atoms with Gasteiger partial charge in [0.15, 0.2) is 5.57 Å². The van der Waals surface area contributed by atoms with Gasteiger partial charge in [0.05, 0.1) is 10.9 Å². The lowest BCUT2D eigenvalue weighted by Crippen LogP contribution is -2.42. The largest absolute Gasteiger partial charge is 0.419 e. The molecular formula is C15H12N2O7. The normalized spacial score (nSPS) is 16.5. The van der Waals surface area contributed by atoms with Crippen LogP contribution in [-0.4, -0.2) is 22.7 Å². The Labute approximate surface area is 133 Å². The minimum Gasteiger partial charge on any atom is -0.419 e. The van der Waals surface area contributed by atoms with Gasteiger partial charge in [-0.25, -0.2) is 19.2 Å². The maximum atomic E-state index is 11.8. The first-order valence-electron chi connectivity index (χ1n) is 6.86. The number of esters is 2. The molecule has 0 saturated carbocycles. The van der Waals surface area contributed by atoms with Crippen molar-refractivity contribution >= 4 is 28.5 Å². The number of fused-ring (bicyclic) bond motifs is 1. The molecule has 0 atom stereocenters. The molecular weight excluding hydrogens is 320 g/mol. The van der Waals surface area contributed by atoms with E-state index in [-0.39, 0.29) is 11.0 Å². The molecule has 2 heterocycles. The standard InChI is InChI=1S/C15H12N2O7/c1-15(2)23-12(19)9(13(20)24-15)6-16-7-3-4-10-8(5-7)11(18)22-14(21)17-10/h3-6,16H,1-2H3,(H,17,21). The van der Waals surface area contributed by atoms with Crippen LogP contribution >= 0.6 is 0 Å². The molecule has 0 spiro atoms. The van der Waals surface area contributed by atoms with Crippen molar-refractivity contribution in [3.63, 3.8) is 0 Å². The second kappa shape index (κ2) is 5.37. The molecule has 1 saturated heterocycles. The lowest BCUT2D eigenvalue weighted by atomic mass is 10.2. The van der Waals surface area contributed by atoms with Crippen LogP contribution in [0.15, 0.2) is 44.0 Å². The van der Waals surface area contributed by atoms with E-state index in [4.69, 9.17) is 9.47 Å². The summed E-state index contributed by atoms with van der Waals surface area (Å²) in [6, 6.07) is 4.42. The fraction of sp³-hybridized carbons (Fsp3) is 0.200. The number of ether oxygens (including phenoxy) is 2. The summed E-state index contributed by atoms with van der Waals surface area (Å²) in [4.78, 5) is 48.7. The van der Waals surface area contributed by atoms with Crippen molar-refractivity contribution in [3.8, 4) is 0 Å². The number of H-pyrrole nitrogens is 1. The van der Waals surface area contributed by atoms with E-state index in [1.165, 1.54) is 32.0 Å². The number of aromatic amines is 1. The van der Waals surface area contributed by atoms with Crippen LogP contribution < -0.4 is 16.7 Å². The predicted octanol–water partition coefficient (Wildman–Crippen LogP) is 0.613. The molecule has 3 rings (SSSR count). The van der Waals surface area contributed by atoms with Crippen molar-refractivity contribution in [2.24, 2.45) is 0 Å². The first-order chi connectivity index (χ1) is 11.2. The zero-order chi connectivity index (χ0) is 17.5. The van der Waals surface area contributed by atoms with Gasteiger partial charge >= 0.3 is 23.3 Å². The smallest absolute Gasteiger partial charge is 0.419 e. The summed E-state index contributed by atoms with van der Waals surface area (Å²) in [6.45, 7) is 2.88. The molecule has 1 aromatic heterocycles. The predicted molar refractivity (Wildman–Crippen MR) is 81.1 cm³/mol. The van der Waals surface area contributed by atoms with Crippen LogP contribution in [0.1, 0.15) is 13.8 Å². The van der Waals surface area contributed by atoms with Gasteiger partial charge in [0.1, 0.15) is 0 Å². The Morgan fingerprint density at radius 1 is 1.08 bits per heavy atom. The third kappa shape index (κ3) is 2.91. The van der Waals surface area contributed by atoms with Gasteiger partial charge in [-0.3, -0.25) is 4.98 Å². The number of nitrogens with one attached hydrogen (secondary N) is 2. The Morgan fingerprint density at radius 2 is 1.75 bits per heavy atom. The SMILES string of the molecule is CC1(C)OC(=O)C(=CNc2ccc3[nH]c(=O)oc(=O)c3c2)C(=O)O1. The quantitative estimate of drug-likeness (QED) is 0.465. The number of cyclic esters (lactones) is 2. The van der Waals surface area contributed by atoms with Crippen molar-refractivity contribution in [1.29, 1.82) is 0 Å². The lowest BCUT2D eigenvalue weighted by Gasteiger charge is -2.29. The van der Waals surface area contributed by atoms with Crippen LogP contribution in [0, 0.1) is 0 Å². The van der Waals surface area contributed by atoms with E-state index >= 15 is 0 Å². The Balaban J connectivity index is 1.90. The number of hydrogen-bond donors (Lipinski definition) is 2. The average molecular weight is 332 g/mol. The number of benzene rings is 1. The molecule has 0 aliphatic carbocycles. The molecule has 2 N–H and O–H groups in total. The van der Waals surface area contributed by atoms with Crippen LogP contribution in [0.3, 0.4) is 0 Å². The highest BCUT2D eigenvalue weighted by Gasteiger charge is 2.38. The molecule has 0 radical (unpaired) electrons. The van der Waals surface area contributed by atoms with Crippen LogP contribution in [0.25, 0.3) is 10.9 Å². The highest BCUT2D eigenvalue weighted by atomic mass is 16.7. The molecule has 1 fully saturated rings. The van der Waals surface area contributed by atoms with Gasteiger partial charge in [-0.2, -0.15) is 0 Å². The van der Waals surface area contributed by atoms with E-state index in [9.17, 15) is 19.2 Å². The zero-order valence-corrected chi connectivity index (χ0v) is 12.7. The number of rotatable bonds is 2. The summed E-state index contributed by atoms with van der Waals surface area (Å²) in [5, 5.41) is 2.83. The maximum absolute atomic E-state index is 11.8. The van der Waals surface area contributed by atoms with E-state index in [0.717, 1.165) is 6.20 Å². The van der Waals surface area contributed by atoms with Crippen molar-refractivity contribution < 1.29 is 23.5 Å². The highest BCUT2D eigenvalue weighted by Crippen LogP contribution is 2.23. The molecule has 0 amide bonds. The summed E-state index contributed by atoms with van der Waals surface area (Å²) in [6.07, 6.45) is 1.12. The molecule has 124 valence electrons. The summed E-state index contributed by atoms with van der Waals surface area (Å²) in [7, 11) is 0. The van der Waals surface area contributed by atoms with E-state index in [1.54, 1.807) is 0 Å². The fourth-order valence-corrected chi connectivity index (χ4v) is 2.12. The van der Waals surface area contributed by atoms with E-state index in [0.29, 0.717) is 11.2 Å². The number of hydrogen-bond acceptors (Lipinski definition) is 8. The number of carbonyl (C=O) groups is 2. The van der Waals surface area contributed by atoms with Crippen LogP contribution in [0.5, 0.6) is 0 Å². The highest BCUT2D eigenvalue weighted by molar-refractivity contribution is 6.15. The summed E-state index contributed by atoms with van der Waals surface area (Å²) < 4.78 is 14.3. The Bertz CT molecular complexity index is 975. The van der Waals surface area contributed by atoms with Gasteiger partial charge in [0.2, 0.25) is 0 Å². The number of anilines is 1. The van der Waals surface area contributed by atoms with Gasteiger partial charge in [0, 0.05) is 25.7 Å².